The van der Waals surface area contributed by atoms with Gasteiger partial charge < -0.3 is 0 Å². The Labute approximate surface area is 322 Å². The standard InChI is InChI=1S/C17H35NO2.C14H29NO2.C13H11NO2/c1-3-4-5-6-7-8-9-10-11-12-13-14-15-16-17(2)18(19)20;1-3-5-7-8-9-11-13-14(15(16)17)12-10-6-4-2;15-14(16)10-12-8-4-5-9-13(12)11-6-2-1-3-7-11/h17H,3-16H2,1-2H3;14H,3-13H2,1-2H3;1-9H,10H2. The first kappa shape index (κ1) is 49.6. The van der Waals surface area contributed by atoms with Crippen molar-refractivity contribution in [2.75, 3.05) is 0 Å². The van der Waals surface area contributed by atoms with E-state index < -0.39 is 0 Å². The van der Waals surface area contributed by atoms with Crippen molar-refractivity contribution in [3.63, 3.8) is 0 Å². The highest BCUT2D eigenvalue weighted by atomic mass is 16.6. The van der Waals surface area contributed by atoms with Gasteiger partial charge in [0.15, 0.2) is 0 Å². The Morgan fingerprint density at radius 2 is 0.849 bits per heavy atom. The molecule has 53 heavy (non-hydrogen) atoms. The van der Waals surface area contributed by atoms with Crippen molar-refractivity contribution >= 4 is 0 Å². The topological polar surface area (TPSA) is 129 Å². The lowest BCUT2D eigenvalue weighted by molar-refractivity contribution is -0.524. The average molecular weight is 742 g/mol. The second-order valence-electron chi connectivity index (χ2n) is 14.7. The number of nitrogens with zero attached hydrogens (tertiary/aromatic N) is 3. The molecule has 0 aromatic heterocycles. The second kappa shape index (κ2) is 35.7. The van der Waals surface area contributed by atoms with Gasteiger partial charge in [0.2, 0.25) is 18.6 Å². The summed E-state index contributed by atoms with van der Waals surface area (Å²) >= 11 is 0. The summed E-state index contributed by atoms with van der Waals surface area (Å²) in [5, 5.41) is 31.9. The summed E-state index contributed by atoms with van der Waals surface area (Å²) in [7, 11) is 0. The van der Waals surface area contributed by atoms with E-state index >= 15 is 0 Å². The maximum absolute atomic E-state index is 10.9. The second-order valence-corrected chi connectivity index (χ2v) is 14.7. The van der Waals surface area contributed by atoms with Crippen molar-refractivity contribution in [1.29, 1.82) is 0 Å². The van der Waals surface area contributed by atoms with E-state index in [2.05, 4.69) is 20.8 Å². The van der Waals surface area contributed by atoms with Crippen LogP contribution in [0.2, 0.25) is 0 Å². The molecule has 0 aliphatic carbocycles. The Morgan fingerprint density at radius 3 is 1.28 bits per heavy atom. The van der Waals surface area contributed by atoms with Crippen LogP contribution in [0.4, 0.5) is 0 Å². The summed E-state index contributed by atoms with van der Waals surface area (Å²) < 4.78 is 0. The third kappa shape index (κ3) is 29.7. The van der Waals surface area contributed by atoms with Gasteiger partial charge in [-0.25, -0.2) is 0 Å². The summed E-state index contributed by atoms with van der Waals surface area (Å²) in [6.07, 6.45) is 30.1. The molecule has 2 aromatic rings. The molecule has 9 heteroatoms. The molecule has 0 bridgehead atoms. The van der Waals surface area contributed by atoms with Crippen LogP contribution in [-0.2, 0) is 6.54 Å². The van der Waals surface area contributed by atoms with Gasteiger partial charge in [-0.2, -0.15) is 0 Å². The molecule has 0 heterocycles. The van der Waals surface area contributed by atoms with Crippen LogP contribution in [-0.4, -0.2) is 26.9 Å². The van der Waals surface area contributed by atoms with Crippen LogP contribution >= 0.6 is 0 Å². The molecule has 9 nitrogen and oxygen atoms in total. The zero-order valence-electron chi connectivity index (χ0n) is 34.0. The highest BCUT2D eigenvalue weighted by Gasteiger charge is 2.18. The van der Waals surface area contributed by atoms with Gasteiger partial charge >= 0.3 is 0 Å². The minimum atomic E-state index is -0.359. The Hall–Kier alpha value is -3.36. The zero-order chi connectivity index (χ0) is 39.4. The molecule has 0 spiro atoms. The highest BCUT2D eigenvalue weighted by Crippen LogP contribution is 2.23. The van der Waals surface area contributed by atoms with Gasteiger partial charge in [-0.3, -0.25) is 30.3 Å². The predicted octanol–water partition coefficient (Wildman–Crippen LogP) is 14.2. The normalized spacial score (nSPS) is 11.8. The lowest BCUT2D eigenvalue weighted by Crippen LogP contribution is -2.19. The number of rotatable bonds is 30. The van der Waals surface area contributed by atoms with Crippen molar-refractivity contribution in [2.45, 2.75) is 207 Å². The van der Waals surface area contributed by atoms with E-state index in [9.17, 15) is 30.3 Å². The van der Waals surface area contributed by atoms with Crippen molar-refractivity contribution in [1.82, 2.24) is 0 Å². The van der Waals surface area contributed by atoms with E-state index in [0.29, 0.717) is 0 Å². The van der Waals surface area contributed by atoms with Gasteiger partial charge in [-0.1, -0.05) is 197 Å². The highest BCUT2D eigenvalue weighted by molar-refractivity contribution is 5.66. The third-order valence-corrected chi connectivity index (χ3v) is 9.82. The van der Waals surface area contributed by atoms with Gasteiger partial charge in [0.25, 0.3) is 0 Å². The van der Waals surface area contributed by atoms with Gasteiger partial charge in [0.1, 0.15) is 0 Å². The maximum atomic E-state index is 10.9. The Balaban J connectivity index is 0.000000769. The first-order chi connectivity index (χ1) is 25.7. The van der Waals surface area contributed by atoms with Gasteiger partial charge in [-0.15, -0.1) is 0 Å². The first-order valence-corrected chi connectivity index (χ1v) is 21.2. The maximum Gasteiger partial charge on any atom is 0.229 e. The van der Waals surface area contributed by atoms with Gasteiger partial charge in [-0.05, 0) is 30.4 Å². The molecule has 2 atom stereocenters. The number of hydrogen-bond acceptors (Lipinski definition) is 6. The van der Waals surface area contributed by atoms with E-state index in [1.54, 1.807) is 13.0 Å². The first-order valence-electron chi connectivity index (χ1n) is 21.2. The lowest BCUT2D eigenvalue weighted by Gasteiger charge is -2.08. The van der Waals surface area contributed by atoms with Crippen molar-refractivity contribution in [2.24, 2.45) is 0 Å². The minimum Gasteiger partial charge on any atom is -0.264 e. The average Bonchev–Trinajstić information content (AvgIpc) is 3.15. The molecule has 0 radical (unpaired) electrons. The largest absolute Gasteiger partial charge is 0.264 e. The van der Waals surface area contributed by atoms with E-state index in [1.807, 2.05) is 48.5 Å². The van der Waals surface area contributed by atoms with Crippen LogP contribution in [0.3, 0.4) is 0 Å². The van der Waals surface area contributed by atoms with Crippen LogP contribution in [0.15, 0.2) is 54.6 Å². The zero-order valence-corrected chi connectivity index (χ0v) is 34.0. The van der Waals surface area contributed by atoms with Crippen LogP contribution in [0.25, 0.3) is 11.1 Å². The van der Waals surface area contributed by atoms with E-state index in [0.717, 1.165) is 80.9 Å². The van der Waals surface area contributed by atoms with Gasteiger partial charge in [0, 0.05) is 46.5 Å². The summed E-state index contributed by atoms with van der Waals surface area (Å²) in [5.74, 6) is 0. The molecule has 302 valence electrons. The van der Waals surface area contributed by atoms with Gasteiger partial charge in [0.05, 0.1) is 0 Å². The lowest BCUT2D eigenvalue weighted by atomic mass is 10.00. The number of unbranched alkanes of at least 4 members (excludes halogenated alkanes) is 19. The van der Waals surface area contributed by atoms with Crippen LogP contribution < -0.4 is 0 Å². The molecule has 2 unspecified atom stereocenters. The summed E-state index contributed by atoms with van der Waals surface area (Å²) in [6, 6.07) is 16.5. The molecular weight excluding hydrogens is 666 g/mol. The SMILES string of the molecule is CCCCCCCCC(CCCCC)[N+](=O)[O-].CCCCCCCCCCCCCCCC(C)[N+](=O)[O-].O=[N+]([O-])Cc1ccccc1-c1ccccc1. The monoisotopic (exact) mass is 742 g/mol. The molecule has 0 amide bonds. The Morgan fingerprint density at radius 1 is 0.472 bits per heavy atom. The molecule has 0 aliphatic heterocycles. The van der Waals surface area contributed by atoms with Crippen molar-refractivity contribution in [3.05, 3.63) is 90.5 Å². The van der Waals surface area contributed by atoms with Crippen LogP contribution in [0.1, 0.15) is 194 Å². The van der Waals surface area contributed by atoms with E-state index in [-0.39, 0.29) is 33.4 Å². The fourth-order valence-corrected chi connectivity index (χ4v) is 6.40. The number of benzene rings is 2. The molecule has 0 fully saturated rings. The van der Waals surface area contributed by atoms with E-state index in [1.165, 1.54) is 96.3 Å². The van der Waals surface area contributed by atoms with E-state index in [4.69, 9.17) is 0 Å². The molecule has 0 saturated heterocycles. The summed E-state index contributed by atoms with van der Waals surface area (Å²) in [6.45, 7) is 8.18. The molecular formula is C44H75N3O6. The predicted molar refractivity (Wildman–Crippen MR) is 222 cm³/mol. The molecule has 0 N–H and O–H groups in total. The Bertz CT molecular complexity index is 1160. The molecule has 0 aliphatic rings. The Kier molecular flexibility index (Phi) is 33.4. The summed E-state index contributed by atoms with van der Waals surface area (Å²) in [4.78, 5) is 31.3. The fourth-order valence-electron chi connectivity index (χ4n) is 6.40. The van der Waals surface area contributed by atoms with Crippen molar-refractivity contribution in [3.8, 4) is 11.1 Å². The van der Waals surface area contributed by atoms with Crippen LogP contribution in [0, 0.1) is 30.3 Å². The van der Waals surface area contributed by atoms with Crippen molar-refractivity contribution < 1.29 is 14.8 Å². The third-order valence-electron chi connectivity index (χ3n) is 9.82. The smallest absolute Gasteiger partial charge is 0.229 e. The molecule has 2 rings (SSSR count). The van der Waals surface area contributed by atoms with Crippen LogP contribution in [0.5, 0.6) is 0 Å². The number of hydrogen-bond donors (Lipinski definition) is 0. The number of nitro groups is 3. The quantitative estimate of drug-likeness (QED) is 0.0445. The fraction of sp³-hybridized carbons (Fsp3) is 0.727. The molecule has 2 aromatic carbocycles. The minimum absolute atomic E-state index is 0.0678. The molecule has 0 saturated carbocycles. The summed E-state index contributed by atoms with van der Waals surface area (Å²) in [5.41, 5.74) is 2.69.